The van der Waals surface area contributed by atoms with Gasteiger partial charge in [-0.1, -0.05) is 29.8 Å². The Morgan fingerprint density at radius 2 is 1.67 bits per heavy atom. The van der Waals surface area contributed by atoms with Crippen molar-refractivity contribution in [3.05, 3.63) is 58.6 Å². The van der Waals surface area contributed by atoms with Crippen molar-refractivity contribution in [2.75, 3.05) is 0 Å². The third-order valence-corrected chi connectivity index (χ3v) is 2.81. The minimum atomic E-state index is -2.70. The SMILES string of the molecule is Fc1cccc(-c2cc(C(F)F)ccc2Cl)c1F. The minimum absolute atomic E-state index is 0.0477. The Balaban J connectivity index is 2.63. The highest BCUT2D eigenvalue weighted by Gasteiger charge is 2.15. The van der Waals surface area contributed by atoms with E-state index in [1.165, 1.54) is 18.2 Å². The van der Waals surface area contributed by atoms with Crippen LogP contribution in [-0.2, 0) is 0 Å². The van der Waals surface area contributed by atoms with Gasteiger partial charge in [0.1, 0.15) is 0 Å². The third kappa shape index (κ3) is 2.34. The molecule has 0 radical (unpaired) electrons. The predicted molar refractivity (Wildman–Crippen MR) is 61.8 cm³/mol. The van der Waals surface area contributed by atoms with Gasteiger partial charge in [-0.25, -0.2) is 17.6 Å². The van der Waals surface area contributed by atoms with Crippen molar-refractivity contribution in [2.45, 2.75) is 6.43 Å². The highest BCUT2D eigenvalue weighted by molar-refractivity contribution is 6.33. The van der Waals surface area contributed by atoms with Crippen LogP contribution in [0, 0.1) is 11.6 Å². The van der Waals surface area contributed by atoms with Gasteiger partial charge in [0.15, 0.2) is 11.6 Å². The Labute approximate surface area is 106 Å². The molecule has 0 bridgehead atoms. The largest absolute Gasteiger partial charge is 0.263 e. The Hall–Kier alpha value is -1.55. The van der Waals surface area contributed by atoms with Gasteiger partial charge in [-0.15, -0.1) is 0 Å². The van der Waals surface area contributed by atoms with E-state index in [4.69, 9.17) is 11.6 Å². The molecule has 0 aliphatic carbocycles. The fourth-order valence-electron chi connectivity index (χ4n) is 1.60. The highest BCUT2D eigenvalue weighted by Crippen LogP contribution is 2.33. The molecule has 94 valence electrons. The molecule has 0 saturated carbocycles. The van der Waals surface area contributed by atoms with Crippen molar-refractivity contribution in [1.29, 1.82) is 0 Å². The predicted octanol–water partition coefficient (Wildman–Crippen LogP) is 5.22. The lowest BCUT2D eigenvalue weighted by Gasteiger charge is -2.09. The molecule has 0 N–H and O–H groups in total. The van der Waals surface area contributed by atoms with E-state index in [0.717, 1.165) is 18.2 Å². The van der Waals surface area contributed by atoms with Gasteiger partial charge in [-0.2, -0.15) is 0 Å². The lowest BCUT2D eigenvalue weighted by molar-refractivity contribution is 0.151. The first kappa shape index (κ1) is 12.9. The molecule has 0 aromatic heterocycles. The van der Waals surface area contributed by atoms with Gasteiger partial charge in [-0.3, -0.25) is 0 Å². The van der Waals surface area contributed by atoms with Crippen molar-refractivity contribution < 1.29 is 17.6 Å². The summed E-state index contributed by atoms with van der Waals surface area (Å²) >= 11 is 5.83. The first-order valence-electron chi connectivity index (χ1n) is 5.02. The summed E-state index contributed by atoms with van der Waals surface area (Å²) in [5, 5.41) is 0.0869. The summed E-state index contributed by atoms with van der Waals surface area (Å²) in [6, 6.07) is 6.97. The molecule has 0 aliphatic heterocycles. The fraction of sp³-hybridized carbons (Fsp3) is 0.0769. The molecule has 0 fully saturated rings. The van der Waals surface area contributed by atoms with Crippen LogP contribution in [0.15, 0.2) is 36.4 Å². The molecular weight excluding hydrogens is 268 g/mol. The normalized spacial score (nSPS) is 11.0. The summed E-state index contributed by atoms with van der Waals surface area (Å²) in [4.78, 5) is 0. The molecule has 0 atom stereocenters. The van der Waals surface area contributed by atoms with Gasteiger partial charge in [0.2, 0.25) is 0 Å². The van der Waals surface area contributed by atoms with Crippen LogP contribution in [0.2, 0.25) is 5.02 Å². The maximum absolute atomic E-state index is 13.6. The highest BCUT2D eigenvalue weighted by atomic mass is 35.5. The van der Waals surface area contributed by atoms with Crippen LogP contribution in [0.5, 0.6) is 0 Å². The Bertz CT molecular complexity index is 581. The van der Waals surface area contributed by atoms with Crippen LogP contribution in [0.25, 0.3) is 11.1 Å². The average Bonchev–Trinajstić information content (AvgIpc) is 2.33. The molecule has 0 saturated heterocycles. The van der Waals surface area contributed by atoms with Gasteiger partial charge in [0, 0.05) is 21.7 Å². The first-order valence-corrected chi connectivity index (χ1v) is 5.40. The number of rotatable bonds is 2. The van der Waals surface area contributed by atoms with Crippen molar-refractivity contribution in [3.8, 4) is 11.1 Å². The van der Waals surface area contributed by atoms with Gasteiger partial charge < -0.3 is 0 Å². The maximum Gasteiger partial charge on any atom is 0.263 e. The number of benzene rings is 2. The van der Waals surface area contributed by atoms with Crippen molar-refractivity contribution in [1.82, 2.24) is 0 Å². The van der Waals surface area contributed by atoms with Gasteiger partial charge in [0.25, 0.3) is 6.43 Å². The first-order chi connectivity index (χ1) is 8.50. The maximum atomic E-state index is 13.6. The number of hydrogen-bond donors (Lipinski definition) is 0. The molecular formula is C13H7ClF4. The van der Waals surface area contributed by atoms with E-state index in [1.54, 1.807) is 0 Å². The Morgan fingerprint density at radius 3 is 2.33 bits per heavy atom. The summed E-state index contributed by atoms with van der Waals surface area (Å²) in [6.45, 7) is 0. The summed E-state index contributed by atoms with van der Waals surface area (Å²) in [5.74, 6) is -2.16. The minimum Gasteiger partial charge on any atom is -0.205 e. The molecule has 2 aromatic carbocycles. The van der Waals surface area contributed by atoms with E-state index in [9.17, 15) is 17.6 Å². The summed E-state index contributed by atoms with van der Waals surface area (Å²) in [7, 11) is 0. The zero-order chi connectivity index (χ0) is 13.3. The smallest absolute Gasteiger partial charge is 0.205 e. The molecule has 0 amide bonds. The van der Waals surface area contributed by atoms with E-state index >= 15 is 0 Å². The van der Waals surface area contributed by atoms with Crippen LogP contribution >= 0.6 is 11.6 Å². The van der Waals surface area contributed by atoms with Crippen LogP contribution in [0.4, 0.5) is 17.6 Å². The quantitative estimate of drug-likeness (QED) is 0.658. The molecule has 2 rings (SSSR count). The fourth-order valence-corrected chi connectivity index (χ4v) is 1.82. The lowest BCUT2D eigenvalue weighted by Crippen LogP contribution is -1.92. The summed E-state index contributed by atoms with van der Waals surface area (Å²) in [6.07, 6.45) is -2.70. The average molecular weight is 275 g/mol. The number of hydrogen-bond acceptors (Lipinski definition) is 0. The zero-order valence-electron chi connectivity index (χ0n) is 8.93. The van der Waals surface area contributed by atoms with Crippen LogP contribution in [-0.4, -0.2) is 0 Å². The second-order valence-corrected chi connectivity index (χ2v) is 4.05. The number of alkyl halides is 2. The second kappa shape index (κ2) is 4.98. The van der Waals surface area contributed by atoms with Gasteiger partial charge in [0.05, 0.1) is 0 Å². The standard InChI is InChI=1S/C13H7ClF4/c14-10-5-4-7(13(17)18)6-9(10)8-2-1-3-11(15)12(8)16/h1-6,13H. The molecule has 0 heterocycles. The number of halogens is 5. The lowest BCUT2D eigenvalue weighted by atomic mass is 10.0. The van der Waals surface area contributed by atoms with Crippen LogP contribution in [0.3, 0.4) is 0 Å². The van der Waals surface area contributed by atoms with Crippen molar-refractivity contribution in [3.63, 3.8) is 0 Å². The van der Waals surface area contributed by atoms with Gasteiger partial charge in [-0.05, 0) is 18.2 Å². The van der Waals surface area contributed by atoms with E-state index in [1.807, 2.05) is 0 Å². The molecule has 18 heavy (non-hydrogen) atoms. The van der Waals surface area contributed by atoms with E-state index in [0.29, 0.717) is 0 Å². The summed E-state index contributed by atoms with van der Waals surface area (Å²) < 4.78 is 51.8. The Kier molecular flexibility index (Phi) is 3.57. The molecule has 0 aliphatic rings. The molecule has 2 aromatic rings. The zero-order valence-corrected chi connectivity index (χ0v) is 9.69. The Morgan fingerprint density at radius 1 is 0.944 bits per heavy atom. The molecule has 0 unspecified atom stereocenters. The monoisotopic (exact) mass is 274 g/mol. The van der Waals surface area contributed by atoms with Crippen molar-refractivity contribution >= 4 is 11.6 Å². The second-order valence-electron chi connectivity index (χ2n) is 3.64. The van der Waals surface area contributed by atoms with Gasteiger partial charge >= 0.3 is 0 Å². The van der Waals surface area contributed by atoms with Crippen LogP contribution < -0.4 is 0 Å². The summed E-state index contributed by atoms with van der Waals surface area (Å²) in [5.41, 5.74) is -0.382. The van der Waals surface area contributed by atoms with E-state index < -0.39 is 18.1 Å². The van der Waals surface area contributed by atoms with Crippen LogP contribution in [0.1, 0.15) is 12.0 Å². The molecule has 5 heteroatoms. The van der Waals surface area contributed by atoms with Crippen molar-refractivity contribution in [2.24, 2.45) is 0 Å². The molecule has 0 spiro atoms. The molecule has 0 nitrogen and oxygen atoms in total. The third-order valence-electron chi connectivity index (χ3n) is 2.48. The topological polar surface area (TPSA) is 0 Å². The van der Waals surface area contributed by atoms with E-state index in [-0.39, 0.29) is 21.7 Å². The van der Waals surface area contributed by atoms with E-state index in [2.05, 4.69) is 0 Å².